The van der Waals surface area contributed by atoms with Gasteiger partial charge in [-0.05, 0) is 37.0 Å². The summed E-state index contributed by atoms with van der Waals surface area (Å²) in [5, 5.41) is 2.68. The number of hydrogen-bond donors (Lipinski definition) is 1. The molecule has 1 amide bonds. The molecule has 1 atom stereocenters. The molecule has 2 rings (SSSR count). The molecule has 1 aromatic carbocycles. The maximum atomic E-state index is 13.4. The summed E-state index contributed by atoms with van der Waals surface area (Å²) in [6.07, 6.45) is 1.73. The number of nitrogens with one attached hydrogen (secondary N) is 1. The Hall–Kier alpha value is -1.49. The number of carbonyl (C=O) groups excluding carboxylic acids is 1. The smallest absolute Gasteiger partial charge is 0.223 e. The van der Waals surface area contributed by atoms with Gasteiger partial charge in [-0.3, -0.25) is 4.79 Å². The monoisotopic (exact) mass is 283 g/mol. The van der Waals surface area contributed by atoms with Gasteiger partial charge < -0.3 is 10.1 Å². The average Bonchev–Trinajstić information content (AvgIpc) is 2.48. The Labute approximate surface area is 117 Å². The summed E-state index contributed by atoms with van der Waals surface area (Å²) in [4.78, 5) is 12.0. The molecule has 110 valence electrons. The highest BCUT2D eigenvalue weighted by Crippen LogP contribution is 2.23. The molecule has 0 radical (unpaired) electrons. The van der Waals surface area contributed by atoms with Gasteiger partial charge in [0.25, 0.3) is 0 Å². The van der Waals surface area contributed by atoms with E-state index in [2.05, 4.69) is 5.32 Å². The molecular formula is C15H19F2NO2. The third-order valence-corrected chi connectivity index (χ3v) is 3.85. The number of rotatable bonds is 4. The Morgan fingerprint density at radius 2 is 2.10 bits per heavy atom. The molecule has 1 aliphatic rings. The van der Waals surface area contributed by atoms with Crippen molar-refractivity contribution in [2.24, 2.45) is 11.8 Å². The van der Waals surface area contributed by atoms with Gasteiger partial charge in [-0.15, -0.1) is 0 Å². The molecule has 0 aromatic heterocycles. The van der Waals surface area contributed by atoms with Crippen LogP contribution in [0.3, 0.4) is 0 Å². The molecule has 1 fully saturated rings. The second kappa shape index (κ2) is 6.79. The van der Waals surface area contributed by atoms with E-state index >= 15 is 0 Å². The second-order valence-electron chi connectivity index (χ2n) is 5.19. The number of halogens is 2. The molecule has 1 saturated heterocycles. The number of amides is 1. The van der Waals surface area contributed by atoms with Crippen LogP contribution in [0, 0.1) is 23.5 Å². The minimum atomic E-state index is -0.509. The Kier molecular flexibility index (Phi) is 5.06. The first-order valence-electron chi connectivity index (χ1n) is 6.87. The molecule has 1 aromatic rings. The summed E-state index contributed by atoms with van der Waals surface area (Å²) in [6, 6.07) is 3.23. The molecule has 1 unspecified atom stereocenters. The molecule has 1 aliphatic heterocycles. The van der Waals surface area contributed by atoms with Crippen LogP contribution in [0.1, 0.15) is 25.3 Å². The maximum Gasteiger partial charge on any atom is 0.223 e. The number of carbonyl (C=O) groups is 1. The van der Waals surface area contributed by atoms with Gasteiger partial charge in [0.05, 0.1) is 0 Å². The van der Waals surface area contributed by atoms with E-state index in [1.54, 1.807) is 0 Å². The molecule has 1 N–H and O–H groups in total. The van der Waals surface area contributed by atoms with E-state index in [0.717, 1.165) is 31.0 Å². The Balaban J connectivity index is 1.89. The van der Waals surface area contributed by atoms with Gasteiger partial charge in [0.1, 0.15) is 11.6 Å². The van der Waals surface area contributed by atoms with Crippen molar-refractivity contribution in [1.29, 1.82) is 0 Å². The zero-order valence-corrected chi connectivity index (χ0v) is 11.5. The molecule has 0 aliphatic carbocycles. The lowest BCUT2D eigenvalue weighted by atomic mass is 9.87. The van der Waals surface area contributed by atoms with Crippen molar-refractivity contribution >= 4 is 5.91 Å². The first-order chi connectivity index (χ1) is 9.58. The van der Waals surface area contributed by atoms with Gasteiger partial charge in [-0.25, -0.2) is 8.78 Å². The summed E-state index contributed by atoms with van der Waals surface area (Å²) in [7, 11) is 0. The van der Waals surface area contributed by atoms with Crippen LogP contribution < -0.4 is 5.32 Å². The Morgan fingerprint density at radius 3 is 2.80 bits per heavy atom. The lowest BCUT2D eigenvalue weighted by molar-refractivity contribution is -0.127. The van der Waals surface area contributed by atoms with E-state index in [4.69, 9.17) is 4.74 Å². The highest BCUT2D eigenvalue weighted by Gasteiger charge is 2.25. The topological polar surface area (TPSA) is 38.3 Å². The molecule has 1 heterocycles. The van der Waals surface area contributed by atoms with Crippen LogP contribution in [0.4, 0.5) is 8.78 Å². The van der Waals surface area contributed by atoms with Gasteiger partial charge in [0.15, 0.2) is 0 Å². The summed E-state index contributed by atoms with van der Waals surface area (Å²) < 4.78 is 31.7. The van der Waals surface area contributed by atoms with E-state index in [0.29, 0.717) is 19.1 Å². The van der Waals surface area contributed by atoms with Crippen molar-refractivity contribution in [1.82, 2.24) is 5.32 Å². The minimum Gasteiger partial charge on any atom is -0.381 e. The molecule has 3 nitrogen and oxygen atoms in total. The van der Waals surface area contributed by atoms with E-state index < -0.39 is 11.6 Å². The first-order valence-corrected chi connectivity index (χ1v) is 6.87. The van der Waals surface area contributed by atoms with E-state index in [9.17, 15) is 13.6 Å². The fourth-order valence-corrected chi connectivity index (χ4v) is 2.45. The molecule has 0 saturated carbocycles. The maximum absolute atomic E-state index is 13.4. The first kappa shape index (κ1) is 14.9. The van der Waals surface area contributed by atoms with Crippen molar-refractivity contribution in [2.45, 2.75) is 26.3 Å². The van der Waals surface area contributed by atoms with Crippen LogP contribution in [-0.4, -0.2) is 19.1 Å². The van der Waals surface area contributed by atoms with Crippen LogP contribution >= 0.6 is 0 Å². The van der Waals surface area contributed by atoms with E-state index in [1.165, 1.54) is 0 Å². The van der Waals surface area contributed by atoms with Crippen LogP contribution in [0.15, 0.2) is 18.2 Å². The lowest BCUT2D eigenvalue weighted by Crippen LogP contribution is -2.35. The summed E-state index contributed by atoms with van der Waals surface area (Å²) in [5.74, 6) is -0.990. The third kappa shape index (κ3) is 3.76. The van der Waals surface area contributed by atoms with E-state index in [-0.39, 0.29) is 23.9 Å². The summed E-state index contributed by atoms with van der Waals surface area (Å²) in [5.41, 5.74) is 0.164. The average molecular weight is 283 g/mol. The van der Waals surface area contributed by atoms with Gasteiger partial charge >= 0.3 is 0 Å². The van der Waals surface area contributed by atoms with Gasteiger partial charge in [-0.2, -0.15) is 0 Å². The SMILES string of the molecule is CC(C(=O)NCc1cc(F)ccc1F)C1CCOCC1. The van der Waals surface area contributed by atoms with E-state index in [1.807, 2.05) is 6.92 Å². The van der Waals surface area contributed by atoms with Gasteiger partial charge in [0.2, 0.25) is 5.91 Å². The fraction of sp³-hybridized carbons (Fsp3) is 0.533. The number of hydrogen-bond acceptors (Lipinski definition) is 2. The lowest BCUT2D eigenvalue weighted by Gasteiger charge is -2.27. The van der Waals surface area contributed by atoms with Crippen molar-refractivity contribution in [3.63, 3.8) is 0 Å². The summed E-state index contributed by atoms with van der Waals surface area (Å²) >= 11 is 0. The van der Waals surface area contributed by atoms with Crippen molar-refractivity contribution in [3.05, 3.63) is 35.4 Å². The largest absolute Gasteiger partial charge is 0.381 e. The fourth-order valence-electron chi connectivity index (χ4n) is 2.45. The number of ether oxygens (including phenoxy) is 1. The molecule has 0 bridgehead atoms. The molecular weight excluding hydrogens is 264 g/mol. The van der Waals surface area contributed by atoms with Crippen molar-refractivity contribution in [3.8, 4) is 0 Å². The predicted octanol–water partition coefficient (Wildman–Crippen LogP) is 2.64. The van der Waals surface area contributed by atoms with Crippen LogP contribution in [0.2, 0.25) is 0 Å². The molecule has 5 heteroatoms. The zero-order chi connectivity index (χ0) is 14.5. The van der Waals surface area contributed by atoms with Gasteiger partial charge in [-0.1, -0.05) is 6.92 Å². The molecule has 20 heavy (non-hydrogen) atoms. The van der Waals surface area contributed by atoms with Crippen LogP contribution in [0.25, 0.3) is 0 Å². The summed E-state index contributed by atoms with van der Waals surface area (Å²) in [6.45, 7) is 3.24. The molecule has 0 spiro atoms. The predicted molar refractivity (Wildman–Crippen MR) is 70.9 cm³/mol. The second-order valence-corrected chi connectivity index (χ2v) is 5.19. The van der Waals surface area contributed by atoms with Crippen LogP contribution in [-0.2, 0) is 16.1 Å². The van der Waals surface area contributed by atoms with Crippen molar-refractivity contribution < 1.29 is 18.3 Å². The standard InChI is InChI=1S/C15H19F2NO2/c1-10(11-4-6-20-7-5-11)15(19)18-9-12-8-13(16)2-3-14(12)17/h2-3,8,10-11H,4-7,9H2,1H3,(H,18,19). The quantitative estimate of drug-likeness (QED) is 0.922. The van der Waals surface area contributed by atoms with Crippen molar-refractivity contribution in [2.75, 3.05) is 13.2 Å². The van der Waals surface area contributed by atoms with Gasteiger partial charge in [0, 0.05) is 31.2 Å². The van der Waals surface area contributed by atoms with Crippen LogP contribution in [0.5, 0.6) is 0 Å². The highest BCUT2D eigenvalue weighted by molar-refractivity contribution is 5.78. The zero-order valence-electron chi connectivity index (χ0n) is 11.5. The minimum absolute atomic E-state index is 0.00991. The highest BCUT2D eigenvalue weighted by atomic mass is 19.1. The third-order valence-electron chi connectivity index (χ3n) is 3.85. The number of benzene rings is 1. The normalized spacial score (nSPS) is 17.8. The Morgan fingerprint density at radius 1 is 1.40 bits per heavy atom. The Bertz CT molecular complexity index is 473.